The first-order valence-electron chi connectivity index (χ1n) is 5.99. The van der Waals surface area contributed by atoms with Gasteiger partial charge in [0.15, 0.2) is 0 Å². The van der Waals surface area contributed by atoms with Crippen LogP contribution in [0.3, 0.4) is 0 Å². The van der Waals surface area contributed by atoms with Crippen molar-refractivity contribution in [3.63, 3.8) is 0 Å². The van der Waals surface area contributed by atoms with Gasteiger partial charge in [-0.1, -0.05) is 12.1 Å². The molecule has 0 aliphatic rings. The molecule has 0 fully saturated rings. The molecule has 1 heterocycles. The van der Waals surface area contributed by atoms with E-state index in [-0.39, 0.29) is 9.90 Å². The van der Waals surface area contributed by atoms with Crippen LogP contribution in [0.4, 0.5) is 10.1 Å². The Morgan fingerprint density at radius 3 is 2.60 bits per heavy atom. The van der Waals surface area contributed by atoms with Crippen molar-refractivity contribution in [3.05, 3.63) is 47.1 Å². The fraction of sp³-hybridized carbons (Fsp3) is 0.231. The Balaban J connectivity index is 2.36. The summed E-state index contributed by atoms with van der Waals surface area (Å²) in [7, 11) is -2.40. The van der Waals surface area contributed by atoms with E-state index in [1.54, 1.807) is 12.1 Å². The average molecular weight is 314 g/mol. The monoisotopic (exact) mass is 314 g/mol. The maximum Gasteiger partial charge on any atom is 0.273 e. The van der Waals surface area contributed by atoms with Crippen LogP contribution in [-0.4, -0.2) is 22.0 Å². The molecule has 0 aliphatic carbocycles. The highest BCUT2D eigenvalue weighted by atomic mass is 32.2. The number of hydrogen-bond donors (Lipinski definition) is 1. The van der Waals surface area contributed by atoms with Gasteiger partial charge in [0.05, 0.1) is 5.69 Å². The summed E-state index contributed by atoms with van der Waals surface area (Å²) >= 11 is 1.16. The molecule has 0 atom stereocenters. The third kappa shape index (κ3) is 2.84. The molecule has 2 rings (SSSR count). The minimum atomic E-state index is -3.74. The molecule has 0 radical (unpaired) electrons. The Kier molecular flexibility index (Phi) is 4.42. The molecular formula is C13H15FN2O2S2. The highest BCUT2D eigenvalue weighted by Crippen LogP contribution is 2.28. The van der Waals surface area contributed by atoms with Crippen LogP contribution in [0.15, 0.2) is 40.6 Å². The van der Waals surface area contributed by atoms with Gasteiger partial charge in [0.25, 0.3) is 10.0 Å². The Labute approximate surface area is 121 Å². The Bertz CT molecular complexity index is 698. The summed E-state index contributed by atoms with van der Waals surface area (Å²) in [6.07, 6.45) is 0.629. The number of halogens is 1. The Morgan fingerprint density at radius 1 is 1.25 bits per heavy atom. The van der Waals surface area contributed by atoms with Gasteiger partial charge < -0.3 is 5.73 Å². The van der Waals surface area contributed by atoms with Gasteiger partial charge in [-0.15, -0.1) is 11.3 Å². The largest absolute Gasteiger partial charge is 0.330 e. The first-order valence-corrected chi connectivity index (χ1v) is 8.24. The maximum atomic E-state index is 13.7. The number of para-hydroxylation sites is 1. The van der Waals surface area contributed by atoms with E-state index in [0.717, 1.165) is 20.5 Å². The quantitative estimate of drug-likeness (QED) is 0.920. The first-order chi connectivity index (χ1) is 9.46. The fourth-order valence-corrected chi connectivity index (χ4v) is 4.49. The third-order valence-electron chi connectivity index (χ3n) is 2.83. The van der Waals surface area contributed by atoms with E-state index in [1.807, 2.05) is 0 Å². The van der Waals surface area contributed by atoms with Crippen molar-refractivity contribution >= 4 is 27.0 Å². The smallest absolute Gasteiger partial charge is 0.273 e. The standard InChI is InChI=1S/C13H15FN2O2S2/c1-16(12-5-3-2-4-11(12)14)20(17,18)13-7-6-10(19-13)8-9-15/h2-7H,8-9,15H2,1H3. The maximum absolute atomic E-state index is 13.7. The number of thiophene rings is 1. The lowest BCUT2D eigenvalue weighted by molar-refractivity contribution is 0.591. The van der Waals surface area contributed by atoms with E-state index in [9.17, 15) is 12.8 Å². The number of anilines is 1. The molecule has 0 spiro atoms. The van der Waals surface area contributed by atoms with Gasteiger partial charge in [0.1, 0.15) is 10.0 Å². The summed E-state index contributed by atoms with van der Waals surface area (Å²) in [4.78, 5) is 0.896. The molecule has 0 amide bonds. The molecule has 0 bridgehead atoms. The number of nitrogens with two attached hydrogens (primary N) is 1. The molecule has 7 heteroatoms. The van der Waals surface area contributed by atoms with Gasteiger partial charge in [-0.2, -0.15) is 0 Å². The number of nitrogens with zero attached hydrogens (tertiary/aromatic N) is 1. The lowest BCUT2D eigenvalue weighted by Gasteiger charge is -2.18. The molecule has 2 N–H and O–H groups in total. The molecule has 4 nitrogen and oxygen atoms in total. The molecule has 108 valence electrons. The molecule has 1 aromatic carbocycles. The van der Waals surface area contributed by atoms with Crippen molar-refractivity contribution < 1.29 is 12.8 Å². The topological polar surface area (TPSA) is 63.4 Å². The van der Waals surface area contributed by atoms with E-state index < -0.39 is 15.8 Å². The van der Waals surface area contributed by atoms with Crippen LogP contribution >= 0.6 is 11.3 Å². The van der Waals surface area contributed by atoms with Gasteiger partial charge in [-0.3, -0.25) is 4.31 Å². The molecule has 0 unspecified atom stereocenters. The van der Waals surface area contributed by atoms with Crippen LogP contribution in [0.25, 0.3) is 0 Å². The molecular weight excluding hydrogens is 299 g/mol. The Hall–Kier alpha value is -1.44. The zero-order chi connectivity index (χ0) is 14.8. The summed E-state index contributed by atoms with van der Waals surface area (Å²) in [5.41, 5.74) is 5.48. The lowest BCUT2D eigenvalue weighted by Crippen LogP contribution is -2.26. The van der Waals surface area contributed by atoms with Crippen LogP contribution < -0.4 is 10.0 Å². The number of benzene rings is 1. The zero-order valence-corrected chi connectivity index (χ0v) is 12.5. The predicted molar refractivity (Wildman–Crippen MR) is 79.1 cm³/mol. The van der Waals surface area contributed by atoms with Crippen molar-refractivity contribution in [3.8, 4) is 0 Å². The van der Waals surface area contributed by atoms with Gasteiger partial charge in [-0.05, 0) is 37.2 Å². The summed E-state index contributed by atoms with van der Waals surface area (Å²) in [6.45, 7) is 0.461. The Morgan fingerprint density at radius 2 is 1.95 bits per heavy atom. The first kappa shape index (κ1) is 15.0. The second-order valence-corrected chi connectivity index (χ2v) is 7.55. The van der Waals surface area contributed by atoms with Gasteiger partial charge in [0, 0.05) is 11.9 Å². The number of hydrogen-bond acceptors (Lipinski definition) is 4. The van der Waals surface area contributed by atoms with Crippen LogP contribution in [0.2, 0.25) is 0 Å². The summed E-state index contributed by atoms with van der Waals surface area (Å²) in [6, 6.07) is 9.04. The third-order valence-corrected chi connectivity index (χ3v) is 6.22. The van der Waals surface area contributed by atoms with E-state index in [4.69, 9.17) is 5.73 Å². The van der Waals surface area contributed by atoms with Gasteiger partial charge in [-0.25, -0.2) is 12.8 Å². The second kappa shape index (κ2) is 5.90. The molecule has 2 aromatic rings. The minimum absolute atomic E-state index is 0.0290. The van der Waals surface area contributed by atoms with Gasteiger partial charge >= 0.3 is 0 Å². The van der Waals surface area contributed by atoms with Crippen molar-refractivity contribution in [2.45, 2.75) is 10.6 Å². The lowest BCUT2D eigenvalue weighted by atomic mass is 10.3. The van der Waals surface area contributed by atoms with Crippen LogP contribution in [0.5, 0.6) is 0 Å². The van der Waals surface area contributed by atoms with Crippen LogP contribution in [0.1, 0.15) is 4.88 Å². The van der Waals surface area contributed by atoms with Crippen molar-refractivity contribution in [1.82, 2.24) is 0 Å². The van der Waals surface area contributed by atoms with E-state index in [2.05, 4.69) is 0 Å². The zero-order valence-electron chi connectivity index (χ0n) is 10.9. The average Bonchev–Trinajstić information content (AvgIpc) is 2.88. The van der Waals surface area contributed by atoms with E-state index in [0.29, 0.717) is 13.0 Å². The highest BCUT2D eigenvalue weighted by molar-refractivity contribution is 7.94. The highest BCUT2D eigenvalue weighted by Gasteiger charge is 2.24. The van der Waals surface area contributed by atoms with Crippen LogP contribution in [-0.2, 0) is 16.4 Å². The summed E-state index contributed by atoms with van der Waals surface area (Å²) < 4.78 is 39.7. The second-order valence-electron chi connectivity index (χ2n) is 4.18. The van der Waals surface area contributed by atoms with Crippen molar-refractivity contribution in [2.75, 3.05) is 17.9 Å². The SMILES string of the molecule is CN(c1ccccc1F)S(=O)(=O)c1ccc(CCN)s1. The fourth-order valence-electron chi connectivity index (χ4n) is 1.75. The molecule has 0 saturated heterocycles. The van der Waals surface area contributed by atoms with Crippen molar-refractivity contribution in [1.29, 1.82) is 0 Å². The molecule has 0 aliphatic heterocycles. The van der Waals surface area contributed by atoms with Crippen LogP contribution in [0, 0.1) is 5.82 Å². The molecule has 0 saturated carbocycles. The summed E-state index contributed by atoms with van der Waals surface area (Å²) in [5, 5.41) is 0. The van der Waals surface area contributed by atoms with E-state index in [1.165, 1.54) is 31.3 Å². The van der Waals surface area contributed by atoms with Gasteiger partial charge in [0.2, 0.25) is 0 Å². The molecule has 1 aromatic heterocycles. The normalized spacial score (nSPS) is 11.6. The number of rotatable bonds is 5. The summed E-state index contributed by atoms with van der Waals surface area (Å²) in [5.74, 6) is -0.572. The van der Waals surface area contributed by atoms with Crippen molar-refractivity contribution in [2.24, 2.45) is 5.73 Å². The van der Waals surface area contributed by atoms with E-state index >= 15 is 0 Å². The molecule has 20 heavy (non-hydrogen) atoms. The minimum Gasteiger partial charge on any atom is -0.330 e. The predicted octanol–water partition coefficient (Wildman–Crippen LogP) is 2.21. The number of sulfonamides is 1.